The highest BCUT2D eigenvalue weighted by Gasteiger charge is 2.27. The second-order valence-corrected chi connectivity index (χ2v) is 6.04. The number of aromatic nitrogens is 1. The molecule has 0 bridgehead atoms. The van der Waals surface area contributed by atoms with Gasteiger partial charge in [-0.1, -0.05) is 0 Å². The lowest BCUT2D eigenvalue weighted by atomic mass is 10.2. The maximum atomic E-state index is 11.4. The Morgan fingerprint density at radius 1 is 1.57 bits per heavy atom. The Labute approximate surface area is 91.1 Å². The van der Waals surface area contributed by atoms with Gasteiger partial charge >= 0.3 is 0 Å². The molecule has 4 nitrogen and oxygen atoms in total. The first-order chi connectivity index (χ1) is 6.48. The molecule has 0 unspecified atom stereocenters. The molecule has 2 rings (SSSR count). The van der Waals surface area contributed by atoms with E-state index in [2.05, 4.69) is 20.9 Å². The Hall–Kier alpha value is -0.620. The van der Waals surface area contributed by atoms with E-state index in [4.69, 9.17) is 0 Å². The van der Waals surface area contributed by atoms with Crippen molar-refractivity contribution in [1.82, 2.24) is 4.98 Å². The van der Waals surface area contributed by atoms with Gasteiger partial charge in [-0.3, -0.25) is 4.31 Å². The lowest BCUT2D eigenvalue weighted by molar-refractivity contribution is 0.598. The molecule has 0 N–H and O–H groups in total. The molecular formula is C8H9BrN2O2S. The van der Waals surface area contributed by atoms with Crippen LogP contribution in [0, 0.1) is 0 Å². The van der Waals surface area contributed by atoms with Gasteiger partial charge in [-0.05, 0) is 34.0 Å². The minimum Gasteiger partial charge on any atom is -0.253 e. The van der Waals surface area contributed by atoms with Crippen LogP contribution in [0.1, 0.15) is 5.56 Å². The van der Waals surface area contributed by atoms with Gasteiger partial charge in [0, 0.05) is 17.2 Å². The van der Waals surface area contributed by atoms with E-state index < -0.39 is 10.0 Å². The van der Waals surface area contributed by atoms with E-state index in [1.54, 1.807) is 6.20 Å². The first-order valence-corrected chi connectivity index (χ1v) is 6.75. The van der Waals surface area contributed by atoms with Crippen LogP contribution in [0.25, 0.3) is 0 Å². The molecule has 1 aliphatic rings. The number of nitrogens with zero attached hydrogens (tertiary/aromatic N) is 2. The second kappa shape index (κ2) is 3.20. The predicted molar refractivity (Wildman–Crippen MR) is 57.8 cm³/mol. The molecule has 0 saturated carbocycles. The smallest absolute Gasteiger partial charge is 0.233 e. The zero-order valence-corrected chi connectivity index (χ0v) is 9.97. The zero-order chi connectivity index (χ0) is 10.3. The average molecular weight is 277 g/mol. The van der Waals surface area contributed by atoms with Gasteiger partial charge < -0.3 is 0 Å². The molecule has 2 heterocycles. The number of hydrogen-bond donors (Lipinski definition) is 0. The fourth-order valence-electron chi connectivity index (χ4n) is 1.53. The lowest BCUT2D eigenvalue weighted by Gasteiger charge is -2.14. The van der Waals surface area contributed by atoms with E-state index in [1.807, 2.05) is 6.07 Å². The number of pyridine rings is 1. The zero-order valence-electron chi connectivity index (χ0n) is 7.57. The van der Waals surface area contributed by atoms with Crippen molar-refractivity contribution < 1.29 is 8.42 Å². The fourth-order valence-corrected chi connectivity index (χ4v) is 2.81. The molecule has 0 atom stereocenters. The summed E-state index contributed by atoms with van der Waals surface area (Å²) in [6.07, 6.45) is 3.54. The Morgan fingerprint density at radius 3 is 2.93 bits per heavy atom. The Bertz CT molecular complexity index is 472. The molecule has 14 heavy (non-hydrogen) atoms. The van der Waals surface area contributed by atoms with Gasteiger partial charge in [-0.15, -0.1) is 0 Å². The van der Waals surface area contributed by atoms with Crippen molar-refractivity contribution in [3.63, 3.8) is 0 Å². The summed E-state index contributed by atoms with van der Waals surface area (Å²) in [5, 5.41) is 0. The normalized spacial score (nSPS) is 15.7. The maximum absolute atomic E-state index is 11.4. The molecule has 0 aliphatic carbocycles. The first kappa shape index (κ1) is 9.92. The van der Waals surface area contributed by atoms with Crippen LogP contribution < -0.4 is 4.31 Å². The number of rotatable bonds is 1. The molecule has 6 heteroatoms. The highest BCUT2D eigenvalue weighted by atomic mass is 79.9. The van der Waals surface area contributed by atoms with Gasteiger partial charge in [0.25, 0.3) is 0 Å². The van der Waals surface area contributed by atoms with Crippen molar-refractivity contribution in [3.05, 3.63) is 22.3 Å². The van der Waals surface area contributed by atoms with E-state index in [0.29, 0.717) is 12.4 Å². The number of fused-ring (bicyclic) bond motifs is 1. The molecule has 0 spiro atoms. The van der Waals surface area contributed by atoms with Gasteiger partial charge in [-0.2, -0.15) is 0 Å². The number of halogens is 1. The van der Waals surface area contributed by atoms with Gasteiger partial charge in [0.15, 0.2) is 0 Å². The Morgan fingerprint density at radius 2 is 2.29 bits per heavy atom. The van der Waals surface area contributed by atoms with Crippen LogP contribution in [0.15, 0.2) is 16.7 Å². The molecule has 1 aromatic heterocycles. The lowest BCUT2D eigenvalue weighted by Crippen LogP contribution is -2.28. The molecule has 0 fully saturated rings. The van der Waals surface area contributed by atoms with Crippen LogP contribution in [0.2, 0.25) is 0 Å². The van der Waals surface area contributed by atoms with E-state index in [0.717, 1.165) is 16.5 Å². The van der Waals surface area contributed by atoms with Crippen LogP contribution in [-0.2, 0) is 16.4 Å². The topological polar surface area (TPSA) is 50.3 Å². The predicted octanol–water partition coefficient (Wildman–Crippen LogP) is 1.17. The number of sulfonamides is 1. The van der Waals surface area contributed by atoms with Crippen molar-refractivity contribution in [2.75, 3.05) is 17.1 Å². The van der Waals surface area contributed by atoms with Crippen molar-refractivity contribution in [3.8, 4) is 0 Å². The van der Waals surface area contributed by atoms with Crippen LogP contribution in [0.5, 0.6) is 0 Å². The van der Waals surface area contributed by atoms with Crippen molar-refractivity contribution >= 4 is 31.8 Å². The molecule has 0 radical (unpaired) electrons. The monoisotopic (exact) mass is 276 g/mol. The summed E-state index contributed by atoms with van der Waals surface area (Å²) in [6, 6.07) is 1.91. The third-order valence-electron chi connectivity index (χ3n) is 2.13. The summed E-state index contributed by atoms with van der Waals surface area (Å²) < 4.78 is 24.9. The van der Waals surface area contributed by atoms with E-state index in [-0.39, 0.29) is 0 Å². The molecule has 76 valence electrons. The molecule has 1 aromatic rings. The molecule has 1 aliphatic heterocycles. The summed E-state index contributed by atoms with van der Waals surface area (Å²) in [7, 11) is -3.17. The third-order valence-corrected chi connectivity index (χ3v) is 3.72. The SMILES string of the molecule is CS(=O)(=O)N1CCc2cc(Br)cnc21. The largest absolute Gasteiger partial charge is 0.253 e. The molecule has 0 amide bonds. The summed E-state index contributed by atoms with van der Waals surface area (Å²) in [5.74, 6) is 0.565. The van der Waals surface area contributed by atoms with Gasteiger partial charge in [0.2, 0.25) is 10.0 Å². The third kappa shape index (κ3) is 1.64. The standard InChI is InChI=1S/C8H9BrN2O2S/c1-14(12,13)11-3-2-6-4-7(9)5-10-8(6)11/h4-5H,2-3H2,1H3. The molecule has 0 saturated heterocycles. The summed E-state index contributed by atoms with van der Waals surface area (Å²) >= 11 is 3.30. The first-order valence-electron chi connectivity index (χ1n) is 4.10. The van der Waals surface area contributed by atoms with E-state index >= 15 is 0 Å². The maximum Gasteiger partial charge on any atom is 0.233 e. The van der Waals surface area contributed by atoms with Gasteiger partial charge in [0.05, 0.1) is 6.26 Å². The van der Waals surface area contributed by atoms with E-state index in [9.17, 15) is 8.42 Å². The van der Waals surface area contributed by atoms with Gasteiger partial charge in [0.1, 0.15) is 5.82 Å². The summed E-state index contributed by atoms with van der Waals surface area (Å²) in [5.41, 5.74) is 0.977. The van der Waals surface area contributed by atoms with Crippen LogP contribution >= 0.6 is 15.9 Å². The summed E-state index contributed by atoms with van der Waals surface area (Å²) in [6.45, 7) is 0.498. The highest BCUT2D eigenvalue weighted by Crippen LogP contribution is 2.29. The second-order valence-electron chi connectivity index (χ2n) is 3.22. The average Bonchev–Trinajstić information content (AvgIpc) is 2.45. The minimum atomic E-state index is -3.17. The van der Waals surface area contributed by atoms with Crippen molar-refractivity contribution in [2.45, 2.75) is 6.42 Å². The quantitative estimate of drug-likeness (QED) is 0.774. The van der Waals surface area contributed by atoms with Crippen LogP contribution in [0.3, 0.4) is 0 Å². The Balaban J connectivity index is 2.51. The van der Waals surface area contributed by atoms with E-state index in [1.165, 1.54) is 10.6 Å². The Kier molecular flexibility index (Phi) is 2.27. The number of hydrogen-bond acceptors (Lipinski definition) is 3. The van der Waals surface area contributed by atoms with Crippen molar-refractivity contribution in [1.29, 1.82) is 0 Å². The molecular weight excluding hydrogens is 268 g/mol. The summed E-state index contributed by atoms with van der Waals surface area (Å²) in [4.78, 5) is 4.11. The van der Waals surface area contributed by atoms with Crippen molar-refractivity contribution in [2.24, 2.45) is 0 Å². The fraction of sp³-hybridized carbons (Fsp3) is 0.375. The highest BCUT2D eigenvalue weighted by molar-refractivity contribution is 9.10. The number of anilines is 1. The van der Waals surface area contributed by atoms with Crippen LogP contribution in [0.4, 0.5) is 5.82 Å². The minimum absolute atomic E-state index is 0.498. The van der Waals surface area contributed by atoms with Crippen LogP contribution in [-0.4, -0.2) is 26.2 Å². The van der Waals surface area contributed by atoms with Gasteiger partial charge in [-0.25, -0.2) is 13.4 Å². The molecule has 0 aromatic carbocycles.